The van der Waals surface area contributed by atoms with Crippen LogP contribution < -0.4 is 0 Å². The molecule has 2 rings (SSSR count). The van der Waals surface area contributed by atoms with Crippen LogP contribution in [0, 0.1) is 0 Å². The Balaban J connectivity index is 2.39. The predicted molar refractivity (Wildman–Crippen MR) is 56.8 cm³/mol. The van der Waals surface area contributed by atoms with Gasteiger partial charge >= 0.3 is 0 Å². The zero-order valence-corrected chi connectivity index (χ0v) is 8.97. The molecule has 4 nitrogen and oxygen atoms in total. The van der Waals surface area contributed by atoms with Crippen LogP contribution >= 0.6 is 0 Å². The van der Waals surface area contributed by atoms with E-state index in [2.05, 4.69) is 10.1 Å². The first-order valence-electron chi connectivity index (χ1n) is 4.86. The van der Waals surface area contributed by atoms with E-state index in [1.165, 1.54) is 7.05 Å². The Hall–Kier alpha value is -2.11. The molecular formula is C11H9F2N3O. The summed E-state index contributed by atoms with van der Waals surface area (Å²) in [5.74, 6) is -0.153. The lowest BCUT2D eigenvalue weighted by Crippen LogP contribution is -1.98. The molecule has 6 heteroatoms. The van der Waals surface area contributed by atoms with Crippen molar-refractivity contribution in [1.82, 2.24) is 14.8 Å². The van der Waals surface area contributed by atoms with Gasteiger partial charge in [-0.15, -0.1) is 0 Å². The van der Waals surface area contributed by atoms with Crippen LogP contribution in [0.2, 0.25) is 0 Å². The fourth-order valence-corrected chi connectivity index (χ4v) is 1.42. The number of carbonyl (C=O) groups is 1. The minimum atomic E-state index is -2.66. The van der Waals surface area contributed by atoms with E-state index in [4.69, 9.17) is 0 Å². The Morgan fingerprint density at radius 1 is 1.29 bits per heavy atom. The highest BCUT2D eigenvalue weighted by atomic mass is 19.3. The van der Waals surface area contributed by atoms with Crippen molar-refractivity contribution in [2.45, 2.75) is 6.43 Å². The maximum absolute atomic E-state index is 12.5. The van der Waals surface area contributed by atoms with Crippen molar-refractivity contribution in [2.24, 2.45) is 7.05 Å². The number of aldehydes is 1. The minimum Gasteiger partial charge on any atom is -0.298 e. The SMILES string of the molecule is Cn1nc(-c2ccc(C=O)cc2)nc1C(F)F. The summed E-state index contributed by atoms with van der Waals surface area (Å²) < 4.78 is 26.1. The van der Waals surface area contributed by atoms with E-state index in [0.29, 0.717) is 17.4 Å². The number of aromatic nitrogens is 3. The van der Waals surface area contributed by atoms with Gasteiger partial charge in [-0.1, -0.05) is 24.3 Å². The predicted octanol–water partition coefficient (Wildman–Crippen LogP) is 2.23. The van der Waals surface area contributed by atoms with Crippen LogP contribution in [0.3, 0.4) is 0 Å². The number of alkyl halides is 2. The highest BCUT2D eigenvalue weighted by molar-refractivity contribution is 5.76. The number of benzene rings is 1. The summed E-state index contributed by atoms with van der Waals surface area (Å²) in [5, 5.41) is 3.89. The van der Waals surface area contributed by atoms with Crippen molar-refractivity contribution >= 4 is 6.29 Å². The normalized spacial score (nSPS) is 10.8. The van der Waals surface area contributed by atoms with Gasteiger partial charge in [-0.3, -0.25) is 4.79 Å². The Labute approximate surface area is 95.9 Å². The molecular weight excluding hydrogens is 228 g/mol. The molecule has 0 amide bonds. The van der Waals surface area contributed by atoms with Gasteiger partial charge in [0.15, 0.2) is 11.6 Å². The average molecular weight is 237 g/mol. The van der Waals surface area contributed by atoms with Gasteiger partial charge in [-0.2, -0.15) is 5.10 Å². The third-order valence-electron chi connectivity index (χ3n) is 2.30. The number of hydrogen-bond donors (Lipinski definition) is 0. The molecule has 0 radical (unpaired) electrons. The van der Waals surface area contributed by atoms with Gasteiger partial charge < -0.3 is 0 Å². The van der Waals surface area contributed by atoms with Gasteiger partial charge in [0.1, 0.15) is 6.29 Å². The number of carbonyl (C=O) groups excluding carboxylic acids is 1. The van der Waals surface area contributed by atoms with E-state index in [-0.39, 0.29) is 11.6 Å². The first-order valence-corrected chi connectivity index (χ1v) is 4.86. The molecule has 0 bridgehead atoms. The molecule has 88 valence electrons. The van der Waals surface area contributed by atoms with Crippen LogP contribution in [-0.2, 0) is 7.05 Å². The summed E-state index contributed by atoms with van der Waals surface area (Å²) in [6, 6.07) is 6.41. The molecule has 0 fully saturated rings. The quantitative estimate of drug-likeness (QED) is 0.769. The van der Waals surface area contributed by atoms with E-state index in [1.807, 2.05) is 0 Å². The molecule has 0 saturated carbocycles. The van der Waals surface area contributed by atoms with Crippen molar-refractivity contribution in [1.29, 1.82) is 0 Å². The van der Waals surface area contributed by atoms with Crippen molar-refractivity contribution in [3.63, 3.8) is 0 Å². The Bertz CT molecular complexity index is 534. The number of aryl methyl sites for hydroxylation is 1. The van der Waals surface area contributed by atoms with Crippen LogP contribution in [0.5, 0.6) is 0 Å². The van der Waals surface area contributed by atoms with Crippen molar-refractivity contribution in [3.8, 4) is 11.4 Å². The average Bonchev–Trinajstić information content (AvgIpc) is 2.71. The number of halogens is 2. The maximum Gasteiger partial charge on any atom is 0.297 e. The molecule has 0 aliphatic carbocycles. The summed E-state index contributed by atoms with van der Waals surface area (Å²) in [7, 11) is 1.41. The summed E-state index contributed by atoms with van der Waals surface area (Å²) >= 11 is 0. The lowest BCUT2D eigenvalue weighted by atomic mass is 10.1. The zero-order chi connectivity index (χ0) is 12.4. The minimum absolute atomic E-state index is 0.222. The molecule has 17 heavy (non-hydrogen) atoms. The van der Waals surface area contributed by atoms with Gasteiger partial charge in [0.05, 0.1) is 0 Å². The van der Waals surface area contributed by atoms with Gasteiger partial charge in [-0.25, -0.2) is 18.4 Å². The molecule has 0 spiro atoms. The second-order valence-electron chi connectivity index (χ2n) is 3.46. The largest absolute Gasteiger partial charge is 0.298 e. The molecule has 1 aromatic carbocycles. The topological polar surface area (TPSA) is 47.8 Å². The molecule has 1 heterocycles. The summed E-state index contributed by atoms with van der Waals surface area (Å²) in [5.41, 5.74) is 1.11. The zero-order valence-electron chi connectivity index (χ0n) is 8.97. The van der Waals surface area contributed by atoms with Crippen LogP contribution in [0.4, 0.5) is 8.78 Å². The first-order chi connectivity index (χ1) is 8.11. The first kappa shape index (κ1) is 11.4. The van der Waals surface area contributed by atoms with E-state index in [9.17, 15) is 13.6 Å². The highest BCUT2D eigenvalue weighted by Gasteiger charge is 2.17. The fourth-order valence-electron chi connectivity index (χ4n) is 1.42. The van der Waals surface area contributed by atoms with Crippen LogP contribution in [0.1, 0.15) is 22.6 Å². The standard InChI is InChI=1S/C11H9F2N3O/c1-16-11(9(12)13)14-10(15-16)8-4-2-7(6-17)3-5-8/h2-6,9H,1H3. The van der Waals surface area contributed by atoms with Crippen LogP contribution in [0.15, 0.2) is 24.3 Å². The van der Waals surface area contributed by atoms with Crippen LogP contribution in [0.25, 0.3) is 11.4 Å². The summed E-state index contributed by atoms with van der Waals surface area (Å²) in [6.45, 7) is 0. The van der Waals surface area contributed by atoms with Gasteiger partial charge in [-0.05, 0) is 0 Å². The lowest BCUT2D eigenvalue weighted by Gasteiger charge is -1.94. The molecule has 0 N–H and O–H groups in total. The summed E-state index contributed by atoms with van der Waals surface area (Å²) in [4.78, 5) is 14.2. The monoisotopic (exact) mass is 237 g/mol. The molecule has 1 aromatic heterocycles. The highest BCUT2D eigenvalue weighted by Crippen LogP contribution is 2.21. The number of nitrogens with zero attached hydrogens (tertiary/aromatic N) is 3. The van der Waals surface area contributed by atoms with Crippen molar-refractivity contribution in [2.75, 3.05) is 0 Å². The molecule has 0 aliphatic heterocycles. The molecule has 0 saturated heterocycles. The Kier molecular flexibility index (Phi) is 2.95. The number of rotatable bonds is 3. The third-order valence-corrected chi connectivity index (χ3v) is 2.30. The van der Waals surface area contributed by atoms with Crippen LogP contribution in [-0.4, -0.2) is 21.1 Å². The van der Waals surface area contributed by atoms with Gasteiger partial charge in [0.25, 0.3) is 6.43 Å². The van der Waals surface area contributed by atoms with E-state index >= 15 is 0 Å². The van der Waals surface area contributed by atoms with Gasteiger partial charge in [0.2, 0.25) is 0 Å². The maximum atomic E-state index is 12.5. The lowest BCUT2D eigenvalue weighted by molar-refractivity contribution is 0.112. The second kappa shape index (κ2) is 4.40. The van der Waals surface area contributed by atoms with Gasteiger partial charge in [0, 0.05) is 18.2 Å². The van der Waals surface area contributed by atoms with Crippen molar-refractivity contribution < 1.29 is 13.6 Å². The summed E-state index contributed by atoms with van der Waals surface area (Å²) in [6.07, 6.45) is -1.95. The van der Waals surface area contributed by atoms with Crippen molar-refractivity contribution in [3.05, 3.63) is 35.7 Å². The smallest absolute Gasteiger partial charge is 0.297 e. The molecule has 2 aromatic rings. The van der Waals surface area contributed by atoms with E-state index in [1.54, 1.807) is 24.3 Å². The molecule has 0 aliphatic rings. The Morgan fingerprint density at radius 3 is 2.41 bits per heavy atom. The Morgan fingerprint density at radius 2 is 1.94 bits per heavy atom. The van der Waals surface area contributed by atoms with E-state index < -0.39 is 6.43 Å². The number of hydrogen-bond acceptors (Lipinski definition) is 3. The third kappa shape index (κ3) is 2.20. The fraction of sp³-hybridized carbons (Fsp3) is 0.182. The molecule has 0 atom stereocenters. The van der Waals surface area contributed by atoms with E-state index in [0.717, 1.165) is 4.68 Å². The second-order valence-corrected chi connectivity index (χ2v) is 3.46. The molecule has 0 unspecified atom stereocenters.